The van der Waals surface area contributed by atoms with Crippen molar-refractivity contribution in [3.63, 3.8) is 0 Å². The molecule has 0 bridgehead atoms. The topological polar surface area (TPSA) is 32.8 Å². The molecule has 1 aliphatic heterocycles. The Morgan fingerprint density at radius 1 is 1.35 bits per heavy atom. The zero-order valence-electron chi connectivity index (χ0n) is 11.2. The molecule has 96 valence electrons. The molecule has 0 aromatic carbocycles. The summed E-state index contributed by atoms with van der Waals surface area (Å²) < 4.78 is 5.73. The maximum atomic E-state index is 10.4. The molecule has 2 aliphatic carbocycles. The van der Waals surface area contributed by atoms with Gasteiger partial charge in [-0.15, -0.1) is 0 Å². The number of hydrogen-bond donors (Lipinski definition) is 1. The fourth-order valence-corrected chi connectivity index (χ4v) is 4.04. The number of aliphatic hydroxyl groups excluding tert-OH is 1. The Bertz CT molecular complexity index is 360. The van der Waals surface area contributed by atoms with Gasteiger partial charge in [-0.1, -0.05) is 26.0 Å². The largest absolute Gasteiger partial charge is 0.390 e. The number of hydrogen-bond acceptors (Lipinski definition) is 2. The van der Waals surface area contributed by atoms with Gasteiger partial charge in [-0.05, 0) is 49.9 Å². The minimum atomic E-state index is -0.300. The van der Waals surface area contributed by atoms with Crippen molar-refractivity contribution in [1.82, 2.24) is 0 Å². The lowest BCUT2D eigenvalue weighted by Crippen LogP contribution is -2.47. The Balaban J connectivity index is 1.83. The number of rotatable bonds is 0. The molecule has 3 unspecified atom stereocenters. The number of allylic oxidation sites excluding steroid dienone is 1. The van der Waals surface area contributed by atoms with Crippen molar-refractivity contribution in [2.24, 2.45) is 17.3 Å². The molecule has 17 heavy (non-hydrogen) atoms. The average molecular weight is 236 g/mol. The van der Waals surface area contributed by atoms with E-state index in [-0.39, 0.29) is 17.8 Å². The molecular formula is C15H24O2. The second kappa shape index (κ2) is 3.36. The van der Waals surface area contributed by atoms with Crippen LogP contribution >= 0.6 is 0 Å². The first-order chi connectivity index (χ1) is 7.84. The SMILES string of the molecule is C=C1CCC2O[C@]2(C)[C@@H](O)CC2C1CC2(C)C. The quantitative estimate of drug-likeness (QED) is 0.518. The van der Waals surface area contributed by atoms with Crippen LogP contribution in [0.1, 0.15) is 46.5 Å². The standard InChI is InChI=1S/C15H24O2/c1-9-5-6-13-15(4,17-13)12(16)7-11-10(9)8-14(11,2)3/h10-13,16H,1,5-8H2,2-4H3/t10?,11?,12-,13?,15+/m0/s1. The summed E-state index contributed by atoms with van der Waals surface area (Å²) in [5.74, 6) is 1.23. The van der Waals surface area contributed by atoms with E-state index in [9.17, 15) is 5.11 Å². The number of epoxide rings is 1. The molecule has 2 nitrogen and oxygen atoms in total. The van der Waals surface area contributed by atoms with Crippen molar-refractivity contribution in [2.45, 2.75) is 64.3 Å². The lowest BCUT2D eigenvalue weighted by atomic mass is 9.52. The van der Waals surface area contributed by atoms with Gasteiger partial charge in [0.2, 0.25) is 0 Å². The van der Waals surface area contributed by atoms with Crippen molar-refractivity contribution < 1.29 is 9.84 Å². The molecule has 0 aromatic rings. The molecule has 1 saturated heterocycles. The molecule has 3 fully saturated rings. The fraction of sp³-hybridized carbons (Fsp3) is 0.867. The molecule has 2 heteroatoms. The third-order valence-electron chi connectivity index (χ3n) is 5.60. The minimum Gasteiger partial charge on any atom is -0.390 e. The summed E-state index contributed by atoms with van der Waals surface area (Å²) in [6.45, 7) is 11.0. The van der Waals surface area contributed by atoms with E-state index in [1.807, 2.05) is 0 Å². The van der Waals surface area contributed by atoms with Gasteiger partial charge in [0.25, 0.3) is 0 Å². The van der Waals surface area contributed by atoms with E-state index in [2.05, 4.69) is 27.4 Å². The van der Waals surface area contributed by atoms with Gasteiger partial charge in [-0.25, -0.2) is 0 Å². The number of ether oxygens (including phenoxy) is 1. The zero-order chi connectivity index (χ0) is 12.4. The van der Waals surface area contributed by atoms with Crippen LogP contribution in [0.25, 0.3) is 0 Å². The summed E-state index contributed by atoms with van der Waals surface area (Å²) in [4.78, 5) is 0. The van der Waals surface area contributed by atoms with Crippen molar-refractivity contribution >= 4 is 0 Å². The van der Waals surface area contributed by atoms with Crippen LogP contribution in [0.15, 0.2) is 12.2 Å². The third-order valence-corrected chi connectivity index (χ3v) is 5.60. The number of aliphatic hydroxyl groups is 1. The van der Waals surface area contributed by atoms with Crippen LogP contribution in [0.3, 0.4) is 0 Å². The van der Waals surface area contributed by atoms with Gasteiger partial charge in [0.15, 0.2) is 0 Å². The second-order valence-corrected chi connectivity index (χ2v) is 7.14. The maximum absolute atomic E-state index is 10.4. The molecule has 0 spiro atoms. The van der Waals surface area contributed by atoms with Crippen LogP contribution in [-0.2, 0) is 4.74 Å². The zero-order valence-corrected chi connectivity index (χ0v) is 11.2. The summed E-state index contributed by atoms with van der Waals surface area (Å²) in [7, 11) is 0. The molecule has 3 rings (SSSR count). The van der Waals surface area contributed by atoms with E-state index in [4.69, 9.17) is 4.74 Å². The van der Waals surface area contributed by atoms with E-state index >= 15 is 0 Å². The lowest BCUT2D eigenvalue weighted by molar-refractivity contribution is -0.0430. The van der Waals surface area contributed by atoms with Gasteiger partial charge in [0.05, 0.1) is 12.2 Å². The van der Waals surface area contributed by atoms with Crippen molar-refractivity contribution in [2.75, 3.05) is 0 Å². The van der Waals surface area contributed by atoms with Gasteiger partial charge in [0.1, 0.15) is 5.60 Å². The first kappa shape index (κ1) is 11.7. The van der Waals surface area contributed by atoms with E-state index in [0.717, 1.165) is 19.3 Å². The summed E-state index contributed by atoms with van der Waals surface area (Å²) in [6, 6.07) is 0. The third kappa shape index (κ3) is 1.61. The Morgan fingerprint density at radius 3 is 2.71 bits per heavy atom. The van der Waals surface area contributed by atoms with Crippen molar-refractivity contribution in [3.8, 4) is 0 Å². The Kier molecular flexibility index (Phi) is 2.32. The minimum absolute atomic E-state index is 0.259. The van der Waals surface area contributed by atoms with Crippen LogP contribution in [0, 0.1) is 17.3 Å². The van der Waals surface area contributed by atoms with Crippen LogP contribution in [0.2, 0.25) is 0 Å². The molecular weight excluding hydrogens is 212 g/mol. The van der Waals surface area contributed by atoms with Crippen molar-refractivity contribution in [3.05, 3.63) is 12.2 Å². The Labute approximate surface area is 104 Å². The van der Waals surface area contributed by atoms with E-state index in [0.29, 0.717) is 17.3 Å². The highest BCUT2D eigenvalue weighted by atomic mass is 16.6. The predicted molar refractivity (Wildman–Crippen MR) is 67.7 cm³/mol. The van der Waals surface area contributed by atoms with Crippen LogP contribution in [-0.4, -0.2) is 22.9 Å². The average Bonchev–Trinajstić information content (AvgIpc) is 2.91. The highest BCUT2D eigenvalue weighted by Crippen LogP contribution is 2.59. The molecule has 1 N–H and O–H groups in total. The van der Waals surface area contributed by atoms with E-state index in [1.54, 1.807) is 0 Å². The van der Waals surface area contributed by atoms with Crippen molar-refractivity contribution in [1.29, 1.82) is 0 Å². The van der Waals surface area contributed by atoms with Crippen LogP contribution < -0.4 is 0 Å². The highest BCUT2D eigenvalue weighted by molar-refractivity contribution is 5.18. The van der Waals surface area contributed by atoms with Gasteiger partial charge in [-0.3, -0.25) is 0 Å². The highest BCUT2D eigenvalue weighted by Gasteiger charge is 2.60. The van der Waals surface area contributed by atoms with Gasteiger partial charge < -0.3 is 9.84 Å². The van der Waals surface area contributed by atoms with Crippen LogP contribution in [0.4, 0.5) is 0 Å². The first-order valence-electron chi connectivity index (χ1n) is 6.88. The fourth-order valence-electron chi connectivity index (χ4n) is 4.04. The monoisotopic (exact) mass is 236 g/mol. The summed E-state index contributed by atoms with van der Waals surface area (Å²) in [6.07, 6.45) is 4.19. The normalized spacial score (nSPS) is 52.4. The van der Waals surface area contributed by atoms with Gasteiger partial charge >= 0.3 is 0 Å². The number of fused-ring (bicyclic) bond motifs is 2. The molecule has 0 amide bonds. The summed E-state index contributed by atoms with van der Waals surface area (Å²) in [5.41, 5.74) is 1.49. The molecule has 2 saturated carbocycles. The lowest BCUT2D eigenvalue weighted by Gasteiger charge is -2.53. The molecule has 5 atom stereocenters. The predicted octanol–water partition coefficient (Wildman–Crippen LogP) is 2.91. The molecule has 0 aromatic heterocycles. The molecule has 0 radical (unpaired) electrons. The molecule has 1 heterocycles. The Hall–Kier alpha value is -0.340. The van der Waals surface area contributed by atoms with Gasteiger partial charge in [-0.2, -0.15) is 0 Å². The summed E-state index contributed by atoms with van der Waals surface area (Å²) in [5, 5.41) is 10.4. The first-order valence-corrected chi connectivity index (χ1v) is 6.88. The Morgan fingerprint density at radius 2 is 2.06 bits per heavy atom. The summed E-state index contributed by atoms with van der Waals surface area (Å²) >= 11 is 0. The maximum Gasteiger partial charge on any atom is 0.118 e. The smallest absolute Gasteiger partial charge is 0.118 e. The molecule has 3 aliphatic rings. The second-order valence-electron chi connectivity index (χ2n) is 7.14. The van der Waals surface area contributed by atoms with E-state index < -0.39 is 0 Å². The van der Waals surface area contributed by atoms with E-state index in [1.165, 1.54) is 12.0 Å². The van der Waals surface area contributed by atoms with Crippen LogP contribution in [0.5, 0.6) is 0 Å². The van der Waals surface area contributed by atoms with Gasteiger partial charge in [0, 0.05) is 0 Å².